The van der Waals surface area contributed by atoms with Gasteiger partial charge in [0.2, 0.25) is 0 Å². The van der Waals surface area contributed by atoms with E-state index >= 15 is 0 Å². The van der Waals surface area contributed by atoms with Crippen LogP contribution in [-0.4, -0.2) is 18.4 Å². The van der Waals surface area contributed by atoms with E-state index in [-0.39, 0.29) is 5.56 Å². The number of Topliss-reactive ketones (excluding diaryl/α,β-unsaturated/α-hetero) is 1. The topological polar surface area (TPSA) is 29.1 Å². The van der Waals surface area contributed by atoms with E-state index in [1.807, 2.05) is 0 Å². The fourth-order valence-corrected chi connectivity index (χ4v) is 2.04. The lowest BCUT2D eigenvalue weighted by Gasteiger charge is -2.14. The number of nitrogens with one attached hydrogen (secondary N) is 1. The van der Waals surface area contributed by atoms with Crippen molar-refractivity contribution >= 4 is 5.78 Å². The average Bonchev–Trinajstić information content (AvgIpc) is 2.80. The van der Waals surface area contributed by atoms with E-state index in [4.69, 9.17) is 0 Å². The first-order chi connectivity index (χ1) is 8.00. The number of halogens is 3. The van der Waals surface area contributed by atoms with Crippen molar-refractivity contribution in [2.24, 2.45) is 0 Å². The van der Waals surface area contributed by atoms with Crippen LogP contribution in [0.1, 0.15) is 28.8 Å². The van der Waals surface area contributed by atoms with Crippen molar-refractivity contribution in [3.05, 3.63) is 35.4 Å². The minimum absolute atomic E-state index is 0.237. The predicted molar refractivity (Wildman–Crippen MR) is 56.8 cm³/mol. The van der Waals surface area contributed by atoms with Crippen LogP contribution in [0.2, 0.25) is 0 Å². The summed E-state index contributed by atoms with van der Waals surface area (Å²) in [6.45, 7) is 0.685. The van der Waals surface area contributed by atoms with Crippen LogP contribution in [0.3, 0.4) is 0 Å². The van der Waals surface area contributed by atoms with E-state index in [9.17, 15) is 18.0 Å². The highest BCUT2D eigenvalue weighted by molar-refractivity contribution is 6.01. The minimum Gasteiger partial charge on any atom is -0.307 e. The lowest BCUT2D eigenvalue weighted by atomic mass is 9.97. The number of hydrogen-bond donors (Lipinski definition) is 1. The van der Waals surface area contributed by atoms with Gasteiger partial charge in [0.1, 0.15) is 0 Å². The molecule has 17 heavy (non-hydrogen) atoms. The number of ketones is 1. The molecule has 1 fully saturated rings. The van der Waals surface area contributed by atoms with E-state index in [1.54, 1.807) is 0 Å². The molecule has 0 amide bonds. The molecule has 1 aliphatic heterocycles. The molecule has 0 saturated carbocycles. The quantitative estimate of drug-likeness (QED) is 0.809. The Hall–Kier alpha value is -1.36. The Morgan fingerprint density at radius 2 is 2.00 bits per heavy atom. The first-order valence-corrected chi connectivity index (χ1v) is 5.44. The zero-order valence-corrected chi connectivity index (χ0v) is 9.05. The zero-order valence-electron chi connectivity index (χ0n) is 9.05. The van der Waals surface area contributed by atoms with Crippen LogP contribution in [0, 0.1) is 0 Å². The standard InChI is InChI=1S/C12H12F3NO/c13-12(14,15)9-5-2-1-4-8(9)11(17)10-6-3-7-16-10/h1-2,4-5,10,16H,3,6-7H2. The number of carbonyl (C=O) groups excluding carboxylic acids is 1. The molecule has 0 aromatic heterocycles. The second-order valence-corrected chi connectivity index (χ2v) is 4.06. The molecule has 0 aliphatic carbocycles. The SMILES string of the molecule is O=C(c1ccccc1C(F)(F)F)C1CCCN1. The Morgan fingerprint density at radius 3 is 2.59 bits per heavy atom. The zero-order chi connectivity index (χ0) is 12.5. The summed E-state index contributed by atoms with van der Waals surface area (Å²) in [5.41, 5.74) is -1.09. The highest BCUT2D eigenvalue weighted by atomic mass is 19.4. The predicted octanol–water partition coefficient (Wildman–Crippen LogP) is 2.64. The average molecular weight is 243 g/mol. The first kappa shape index (κ1) is 12.1. The van der Waals surface area contributed by atoms with Gasteiger partial charge in [-0.25, -0.2) is 0 Å². The lowest BCUT2D eigenvalue weighted by molar-refractivity contribution is -0.137. The van der Waals surface area contributed by atoms with Gasteiger partial charge in [0.25, 0.3) is 0 Å². The Morgan fingerprint density at radius 1 is 1.29 bits per heavy atom. The normalized spacial score (nSPS) is 20.5. The van der Waals surface area contributed by atoms with Crippen molar-refractivity contribution in [3.8, 4) is 0 Å². The Bertz CT molecular complexity index is 422. The van der Waals surface area contributed by atoms with Crippen LogP contribution >= 0.6 is 0 Å². The Kier molecular flexibility index (Phi) is 3.19. The van der Waals surface area contributed by atoms with Gasteiger partial charge in [-0.15, -0.1) is 0 Å². The number of rotatable bonds is 2. The van der Waals surface area contributed by atoms with E-state index in [1.165, 1.54) is 18.2 Å². The third-order valence-electron chi connectivity index (χ3n) is 2.87. The fraction of sp³-hybridized carbons (Fsp3) is 0.417. The van der Waals surface area contributed by atoms with E-state index in [0.717, 1.165) is 12.5 Å². The summed E-state index contributed by atoms with van der Waals surface area (Å²) in [5, 5.41) is 2.92. The number of benzene rings is 1. The highest BCUT2D eigenvalue weighted by Gasteiger charge is 2.36. The molecule has 92 valence electrons. The first-order valence-electron chi connectivity index (χ1n) is 5.44. The maximum atomic E-state index is 12.7. The number of alkyl halides is 3. The van der Waals surface area contributed by atoms with Crippen LogP contribution in [0.15, 0.2) is 24.3 Å². The Labute approximate surface area is 96.8 Å². The number of carbonyl (C=O) groups is 1. The van der Waals surface area contributed by atoms with E-state index < -0.39 is 23.6 Å². The molecule has 1 aliphatic rings. The van der Waals surface area contributed by atoms with Gasteiger partial charge < -0.3 is 5.32 Å². The molecule has 1 N–H and O–H groups in total. The summed E-state index contributed by atoms with van der Waals surface area (Å²) in [6.07, 6.45) is -3.06. The van der Waals surface area contributed by atoms with Crippen molar-refractivity contribution in [2.45, 2.75) is 25.1 Å². The van der Waals surface area contributed by atoms with E-state index in [0.29, 0.717) is 13.0 Å². The molecule has 1 heterocycles. The second-order valence-electron chi connectivity index (χ2n) is 4.06. The van der Waals surface area contributed by atoms with Gasteiger partial charge >= 0.3 is 6.18 Å². The molecule has 0 bridgehead atoms. The lowest BCUT2D eigenvalue weighted by Crippen LogP contribution is -2.32. The molecular weight excluding hydrogens is 231 g/mol. The van der Waals surface area contributed by atoms with Crippen LogP contribution in [-0.2, 0) is 6.18 Å². The van der Waals surface area contributed by atoms with E-state index in [2.05, 4.69) is 5.32 Å². The van der Waals surface area contributed by atoms with Crippen LogP contribution < -0.4 is 5.32 Å². The highest BCUT2D eigenvalue weighted by Crippen LogP contribution is 2.32. The minimum atomic E-state index is -4.48. The molecule has 0 spiro atoms. The van der Waals surface area contributed by atoms with Crippen molar-refractivity contribution < 1.29 is 18.0 Å². The summed E-state index contributed by atoms with van der Waals surface area (Å²) in [5.74, 6) is -0.463. The van der Waals surface area contributed by atoms with Crippen LogP contribution in [0.5, 0.6) is 0 Å². The van der Waals surface area contributed by atoms with Crippen molar-refractivity contribution in [1.29, 1.82) is 0 Å². The summed E-state index contributed by atoms with van der Waals surface area (Å²) in [6, 6.07) is 4.46. The van der Waals surface area contributed by atoms with Gasteiger partial charge in [0, 0.05) is 5.56 Å². The molecule has 1 unspecified atom stereocenters. The van der Waals surface area contributed by atoms with Gasteiger partial charge in [-0.3, -0.25) is 4.79 Å². The van der Waals surface area contributed by atoms with Gasteiger partial charge in [-0.2, -0.15) is 13.2 Å². The molecular formula is C12H12F3NO. The largest absolute Gasteiger partial charge is 0.417 e. The van der Waals surface area contributed by atoms with Crippen LogP contribution in [0.4, 0.5) is 13.2 Å². The van der Waals surface area contributed by atoms with Crippen molar-refractivity contribution in [2.75, 3.05) is 6.54 Å². The molecule has 0 radical (unpaired) electrons. The van der Waals surface area contributed by atoms with Gasteiger partial charge in [-0.05, 0) is 25.5 Å². The summed E-state index contributed by atoms with van der Waals surface area (Å²) in [4.78, 5) is 12.0. The maximum Gasteiger partial charge on any atom is 0.417 e. The van der Waals surface area contributed by atoms with Gasteiger partial charge in [0.15, 0.2) is 5.78 Å². The molecule has 2 rings (SSSR count). The van der Waals surface area contributed by atoms with Crippen LogP contribution in [0.25, 0.3) is 0 Å². The smallest absolute Gasteiger partial charge is 0.307 e. The van der Waals surface area contributed by atoms with Gasteiger partial charge in [-0.1, -0.05) is 18.2 Å². The maximum absolute atomic E-state index is 12.7. The second kappa shape index (κ2) is 4.49. The third kappa shape index (κ3) is 2.49. The number of hydrogen-bond acceptors (Lipinski definition) is 2. The third-order valence-corrected chi connectivity index (χ3v) is 2.87. The molecule has 1 aromatic carbocycles. The summed E-state index contributed by atoms with van der Waals surface area (Å²) >= 11 is 0. The summed E-state index contributed by atoms with van der Waals surface area (Å²) < 4.78 is 38.2. The molecule has 1 saturated heterocycles. The Balaban J connectivity index is 2.34. The monoisotopic (exact) mass is 243 g/mol. The summed E-state index contributed by atoms with van der Waals surface area (Å²) in [7, 11) is 0. The molecule has 5 heteroatoms. The molecule has 1 atom stereocenters. The van der Waals surface area contributed by atoms with Crippen molar-refractivity contribution in [1.82, 2.24) is 5.32 Å². The fourth-order valence-electron chi connectivity index (χ4n) is 2.04. The van der Waals surface area contributed by atoms with Crippen molar-refractivity contribution in [3.63, 3.8) is 0 Å². The molecule has 2 nitrogen and oxygen atoms in total. The van der Waals surface area contributed by atoms with Gasteiger partial charge in [0.05, 0.1) is 11.6 Å². The molecule has 1 aromatic rings.